The van der Waals surface area contributed by atoms with Gasteiger partial charge in [0, 0.05) is 11.8 Å². The molecule has 1 heterocycles. The molecule has 3 aromatic rings. The van der Waals surface area contributed by atoms with E-state index < -0.39 is 0 Å². The van der Waals surface area contributed by atoms with E-state index in [2.05, 4.69) is 11.4 Å². The first-order valence-corrected chi connectivity index (χ1v) is 9.97. The van der Waals surface area contributed by atoms with Crippen LogP contribution >= 0.6 is 0 Å². The molecule has 0 bridgehead atoms. The van der Waals surface area contributed by atoms with E-state index in [0.29, 0.717) is 36.6 Å². The van der Waals surface area contributed by atoms with Crippen molar-refractivity contribution in [2.45, 2.75) is 13.0 Å². The molecule has 0 saturated heterocycles. The number of nitrogens with zero attached hydrogens (tertiary/aromatic N) is 1. The lowest BCUT2D eigenvalue weighted by Crippen LogP contribution is -2.32. The second-order valence-electron chi connectivity index (χ2n) is 7.30. The van der Waals surface area contributed by atoms with Gasteiger partial charge in [-0.15, -0.1) is 0 Å². The van der Waals surface area contributed by atoms with Crippen LogP contribution in [0.15, 0.2) is 66.7 Å². The molecule has 1 unspecified atom stereocenters. The smallest absolute Gasteiger partial charge is 0.231 e. The molecule has 0 aliphatic carbocycles. The lowest BCUT2D eigenvalue weighted by atomic mass is 9.95. The fourth-order valence-electron chi connectivity index (χ4n) is 3.47. The van der Waals surface area contributed by atoms with Crippen molar-refractivity contribution in [1.82, 2.24) is 0 Å². The fraction of sp³-hybridized carbons (Fsp3) is 0.200. The van der Waals surface area contributed by atoms with E-state index in [9.17, 15) is 4.79 Å². The van der Waals surface area contributed by atoms with E-state index >= 15 is 0 Å². The number of fused-ring (bicyclic) bond motifs is 1. The molecule has 1 aliphatic rings. The third kappa shape index (κ3) is 4.96. The maximum Gasteiger partial charge on any atom is 0.231 e. The first-order chi connectivity index (χ1) is 15.1. The van der Waals surface area contributed by atoms with Crippen LogP contribution in [-0.2, 0) is 17.8 Å². The van der Waals surface area contributed by atoms with Gasteiger partial charge in [0.25, 0.3) is 0 Å². The number of anilines is 1. The number of amides is 1. The third-order valence-corrected chi connectivity index (χ3v) is 5.11. The molecule has 0 radical (unpaired) electrons. The minimum Gasteiger partial charge on any atom is -0.497 e. The Balaban J connectivity index is 1.38. The number of nitrogens with one attached hydrogen (secondary N) is 1. The van der Waals surface area contributed by atoms with Crippen molar-refractivity contribution >= 4 is 11.6 Å². The Bertz CT molecular complexity index is 1140. The monoisotopic (exact) mass is 414 g/mol. The van der Waals surface area contributed by atoms with Gasteiger partial charge in [0.05, 0.1) is 24.7 Å². The molecule has 0 spiro atoms. The number of hydrogen-bond acceptors (Lipinski definition) is 5. The summed E-state index contributed by atoms with van der Waals surface area (Å²) < 4.78 is 16.9. The van der Waals surface area contributed by atoms with Crippen molar-refractivity contribution in [2.24, 2.45) is 5.92 Å². The zero-order valence-corrected chi connectivity index (χ0v) is 17.1. The van der Waals surface area contributed by atoms with Crippen molar-refractivity contribution in [2.75, 3.05) is 19.0 Å². The highest BCUT2D eigenvalue weighted by atomic mass is 16.5. The average Bonchev–Trinajstić information content (AvgIpc) is 2.82. The van der Waals surface area contributed by atoms with Crippen LogP contribution in [0, 0.1) is 17.2 Å². The van der Waals surface area contributed by atoms with Gasteiger partial charge in [-0.05, 0) is 60.0 Å². The number of rotatable bonds is 6. The van der Waals surface area contributed by atoms with Gasteiger partial charge in [-0.2, -0.15) is 5.26 Å². The number of methoxy groups -OCH3 is 1. The minimum atomic E-state index is -0.294. The Morgan fingerprint density at radius 3 is 2.84 bits per heavy atom. The summed E-state index contributed by atoms with van der Waals surface area (Å²) in [6.45, 7) is 0.665. The van der Waals surface area contributed by atoms with Crippen LogP contribution in [0.5, 0.6) is 17.2 Å². The summed E-state index contributed by atoms with van der Waals surface area (Å²) >= 11 is 0. The van der Waals surface area contributed by atoms with Crippen LogP contribution in [0.3, 0.4) is 0 Å². The lowest BCUT2D eigenvalue weighted by molar-refractivity contribution is -0.121. The zero-order chi connectivity index (χ0) is 21.6. The maximum absolute atomic E-state index is 12.8. The van der Waals surface area contributed by atoms with Crippen LogP contribution in [0.25, 0.3) is 0 Å². The normalized spacial score (nSPS) is 14.5. The maximum atomic E-state index is 12.8. The lowest BCUT2D eigenvalue weighted by Gasteiger charge is -2.25. The van der Waals surface area contributed by atoms with Crippen molar-refractivity contribution < 1.29 is 19.0 Å². The van der Waals surface area contributed by atoms with Crippen molar-refractivity contribution in [1.29, 1.82) is 5.26 Å². The Labute approximate surface area is 181 Å². The molecule has 1 atom stereocenters. The number of carbonyl (C=O) groups excluding carboxylic acids is 1. The second kappa shape index (κ2) is 9.23. The Morgan fingerprint density at radius 2 is 2.00 bits per heavy atom. The summed E-state index contributed by atoms with van der Waals surface area (Å²) in [5, 5.41) is 12.0. The summed E-state index contributed by atoms with van der Waals surface area (Å²) in [6.07, 6.45) is 0.587. The molecule has 0 aromatic heterocycles. The molecule has 4 rings (SSSR count). The Kier molecular flexibility index (Phi) is 6.04. The first-order valence-electron chi connectivity index (χ1n) is 9.97. The molecule has 1 N–H and O–H groups in total. The van der Waals surface area contributed by atoms with E-state index in [4.69, 9.17) is 19.5 Å². The summed E-state index contributed by atoms with van der Waals surface area (Å²) in [7, 11) is 1.62. The van der Waals surface area contributed by atoms with E-state index in [0.717, 1.165) is 22.6 Å². The largest absolute Gasteiger partial charge is 0.497 e. The van der Waals surface area contributed by atoms with Gasteiger partial charge in [0.2, 0.25) is 5.91 Å². The molecule has 6 nitrogen and oxygen atoms in total. The van der Waals surface area contributed by atoms with Crippen molar-refractivity contribution in [3.05, 3.63) is 83.4 Å². The second-order valence-corrected chi connectivity index (χ2v) is 7.30. The Hall–Kier alpha value is -3.98. The van der Waals surface area contributed by atoms with Gasteiger partial charge in [0.1, 0.15) is 30.5 Å². The fourth-order valence-corrected chi connectivity index (χ4v) is 3.47. The van der Waals surface area contributed by atoms with Crippen LogP contribution in [-0.4, -0.2) is 19.6 Å². The minimum absolute atomic E-state index is 0.104. The average molecular weight is 414 g/mol. The first kappa shape index (κ1) is 20.3. The standard InChI is InChI=1S/C25H22N2O4/c1-29-22-8-9-24-19(12-22)11-20(16-31-24)25(28)27-21-6-3-7-23(13-21)30-15-18-5-2-4-17(10-18)14-26/h2-10,12-13,20H,11,15-16H2,1H3,(H,27,28). The number of carbonyl (C=O) groups is 1. The molecular weight excluding hydrogens is 392 g/mol. The molecule has 3 aromatic carbocycles. The van der Waals surface area contributed by atoms with Gasteiger partial charge < -0.3 is 19.5 Å². The topological polar surface area (TPSA) is 80.6 Å². The van der Waals surface area contributed by atoms with Crippen LogP contribution in [0.2, 0.25) is 0 Å². The molecule has 156 valence electrons. The van der Waals surface area contributed by atoms with Gasteiger partial charge in [-0.3, -0.25) is 4.79 Å². The van der Waals surface area contributed by atoms with Gasteiger partial charge >= 0.3 is 0 Å². The third-order valence-electron chi connectivity index (χ3n) is 5.11. The molecule has 31 heavy (non-hydrogen) atoms. The van der Waals surface area contributed by atoms with Crippen LogP contribution in [0.1, 0.15) is 16.7 Å². The van der Waals surface area contributed by atoms with Crippen molar-refractivity contribution in [3.63, 3.8) is 0 Å². The summed E-state index contributed by atoms with van der Waals surface area (Å²) in [5.41, 5.74) is 3.12. The highest BCUT2D eigenvalue weighted by Gasteiger charge is 2.26. The molecular formula is C25H22N2O4. The highest BCUT2D eigenvalue weighted by Crippen LogP contribution is 2.31. The number of hydrogen-bond donors (Lipinski definition) is 1. The molecule has 1 amide bonds. The molecule has 0 fully saturated rings. The van der Waals surface area contributed by atoms with Crippen LogP contribution < -0.4 is 19.5 Å². The van der Waals surface area contributed by atoms with Gasteiger partial charge in [-0.25, -0.2) is 0 Å². The molecule has 0 saturated carbocycles. The highest BCUT2D eigenvalue weighted by molar-refractivity contribution is 5.93. The zero-order valence-electron chi connectivity index (χ0n) is 17.1. The summed E-state index contributed by atoms with van der Waals surface area (Å²) in [5.74, 6) is 1.77. The summed E-state index contributed by atoms with van der Waals surface area (Å²) in [6, 6.07) is 22.3. The van der Waals surface area contributed by atoms with Crippen molar-refractivity contribution in [3.8, 4) is 23.3 Å². The number of nitriles is 1. The quantitative estimate of drug-likeness (QED) is 0.649. The number of benzene rings is 3. The summed E-state index contributed by atoms with van der Waals surface area (Å²) in [4.78, 5) is 12.8. The number of ether oxygens (including phenoxy) is 3. The van der Waals surface area contributed by atoms with E-state index in [-0.39, 0.29) is 11.8 Å². The molecule has 6 heteroatoms. The van der Waals surface area contributed by atoms with Gasteiger partial charge in [0.15, 0.2) is 0 Å². The predicted octanol–water partition coefficient (Wildman–Crippen LogP) is 4.34. The molecule has 1 aliphatic heterocycles. The van der Waals surface area contributed by atoms with Gasteiger partial charge in [-0.1, -0.05) is 18.2 Å². The van der Waals surface area contributed by atoms with Crippen LogP contribution in [0.4, 0.5) is 5.69 Å². The van der Waals surface area contributed by atoms with E-state index in [1.54, 1.807) is 25.3 Å². The van der Waals surface area contributed by atoms with E-state index in [1.807, 2.05) is 48.5 Å². The SMILES string of the molecule is COc1ccc2c(c1)CC(C(=O)Nc1cccc(OCc3cccc(C#N)c3)c1)CO2. The van der Waals surface area contributed by atoms with E-state index in [1.165, 1.54) is 0 Å². The predicted molar refractivity (Wildman–Crippen MR) is 116 cm³/mol. The Morgan fingerprint density at radius 1 is 1.13 bits per heavy atom.